The van der Waals surface area contributed by atoms with Crippen LogP contribution in [0.3, 0.4) is 0 Å². The number of nitrogens with two attached hydrogens (primary N) is 1. The number of nitrogens with one attached hydrogen (secondary N) is 1. The third kappa shape index (κ3) is 5.49. The second-order valence-corrected chi connectivity index (χ2v) is 7.52. The molecule has 1 aliphatic rings. The monoisotopic (exact) mass is 334 g/mol. The van der Waals surface area contributed by atoms with Crippen LogP contribution in [0, 0.1) is 12.8 Å². The molecule has 1 aromatic rings. The minimum absolute atomic E-state index is 0.107. The average molecular weight is 334 g/mol. The van der Waals surface area contributed by atoms with E-state index in [1.807, 2.05) is 45.9 Å². The molecule has 1 unspecified atom stereocenters. The van der Waals surface area contributed by atoms with Gasteiger partial charge in [-0.1, -0.05) is 12.1 Å². The second kappa shape index (κ2) is 7.99. The molecular weight excluding hydrogens is 304 g/mol. The fraction of sp³-hybridized carbons (Fsp3) is 0.632. The van der Waals surface area contributed by atoms with Crippen LogP contribution in [0.5, 0.6) is 5.75 Å². The van der Waals surface area contributed by atoms with E-state index >= 15 is 0 Å². The normalized spacial score (nSPS) is 17.4. The predicted molar refractivity (Wildman–Crippen MR) is 94.9 cm³/mol. The Kier molecular flexibility index (Phi) is 6.24. The largest absolute Gasteiger partial charge is 0.488 e. The van der Waals surface area contributed by atoms with E-state index in [-0.39, 0.29) is 17.4 Å². The number of hydrogen-bond donors (Lipinski definition) is 2. The molecule has 0 radical (unpaired) electrons. The minimum atomic E-state index is -0.480. The number of rotatable bonds is 5. The highest BCUT2D eigenvalue weighted by Crippen LogP contribution is 2.25. The number of ether oxygens (including phenoxy) is 2. The maximum Gasteiger partial charge on any atom is 0.237 e. The molecule has 5 heteroatoms. The van der Waals surface area contributed by atoms with Gasteiger partial charge in [0, 0.05) is 25.3 Å². The highest BCUT2D eigenvalue weighted by atomic mass is 16.5. The van der Waals surface area contributed by atoms with Crippen LogP contribution in [0.2, 0.25) is 0 Å². The van der Waals surface area contributed by atoms with Gasteiger partial charge in [-0.05, 0) is 58.1 Å². The first kappa shape index (κ1) is 18.7. The van der Waals surface area contributed by atoms with Gasteiger partial charge in [0.1, 0.15) is 11.4 Å². The molecule has 0 saturated carbocycles. The van der Waals surface area contributed by atoms with E-state index in [0.29, 0.717) is 19.8 Å². The van der Waals surface area contributed by atoms with Crippen LogP contribution in [0.15, 0.2) is 18.2 Å². The van der Waals surface area contributed by atoms with E-state index in [9.17, 15) is 4.79 Å². The quantitative estimate of drug-likeness (QED) is 0.868. The lowest BCUT2D eigenvalue weighted by atomic mass is 9.92. The van der Waals surface area contributed by atoms with Crippen LogP contribution in [0.1, 0.15) is 44.7 Å². The van der Waals surface area contributed by atoms with E-state index in [1.165, 1.54) is 0 Å². The molecule has 1 atom stereocenters. The maximum atomic E-state index is 12.4. The molecule has 1 fully saturated rings. The summed E-state index contributed by atoms with van der Waals surface area (Å²) in [6.07, 6.45) is 1.69. The number of amides is 1. The molecule has 1 aliphatic heterocycles. The second-order valence-electron chi connectivity index (χ2n) is 7.52. The van der Waals surface area contributed by atoms with Crippen LogP contribution in [-0.4, -0.2) is 30.8 Å². The van der Waals surface area contributed by atoms with Gasteiger partial charge in [0.25, 0.3) is 0 Å². The molecule has 0 aromatic heterocycles. The van der Waals surface area contributed by atoms with Crippen molar-refractivity contribution < 1.29 is 14.3 Å². The van der Waals surface area contributed by atoms with Crippen LogP contribution >= 0.6 is 0 Å². The molecule has 134 valence electrons. The molecule has 1 heterocycles. The minimum Gasteiger partial charge on any atom is -0.488 e. The van der Waals surface area contributed by atoms with Crippen LogP contribution in [-0.2, 0) is 16.1 Å². The van der Waals surface area contributed by atoms with Crippen molar-refractivity contribution in [2.24, 2.45) is 11.7 Å². The first-order valence-corrected chi connectivity index (χ1v) is 8.66. The Bertz CT molecular complexity index is 560. The van der Waals surface area contributed by atoms with Crippen LogP contribution < -0.4 is 15.8 Å². The Morgan fingerprint density at radius 1 is 1.38 bits per heavy atom. The number of benzene rings is 1. The summed E-state index contributed by atoms with van der Waals surface area (Å²) in [6, 6.07) is 5.54. The van der Waals surface area contributed by atoms with Gasteiger partial charge in [-0.25, -0.2) is 0 Å². The van der Waals surface area contributed by atoms with Crippen LogP contribution in [0.4, 0.5) is 0 Å². The zero-order valence-electron chi connectivity index (χ0n) is 15.2. The third-order valence-corrected chi connectivity index (χ3v) is 4.17. The molecule has 3 N–H and O–H groups in total. The van der Waals surface area contributed by atoms with E-state index < -0.39 is 6.04 Å². The molecule has 2 rings (SSSR count). The van der Waals surface area contributed by atoms with Crippen molar-refractivity contribution in [2.45, 2.75) is 58.7 Å². The van der Waals surface area contributed by atoms with Gasteiger partial charge >= 0.3 is 0 Å². The van der Waals surface area contributed by atoms with Gasteiger partial charge < -0.3 is 20.5 Å². The lowest BCUT2D eigenvalue weighted by Gasteiger charge is -2.27. The zero-order chi connectivity index (χ0) is 17.7. The van der Waals surface area contributed by atoms with Crippen LogP contribution in [0.25, 0.3) is 0 Å². The Hall–Kier alpha value is -1.59. The Balaban J connectivity index is 1.99. The summed E-state index contributed by atoms with van der Waals surface area (Å²) in [5.41, 5.74) is 7.92. The lowest BCUT2D eigenvalue weighted by Crippen LogP contribution is -2.46. The van der Waals surface area contributed by atoms with Crippen molar-refractivity contribution in [2.75, 3.05) is 13.2 Å². The molecule has 1 amide bonds. The van der Waals surface area contributed by atoms with Gasteiger partial charge in [-0.2, -0.15) is 0 Å². The van der Waals surface area contributed by atoms with Crippen molar-refractivity contribution in [3.05, 3.63) is 29.3 Å². The standard InChI is InChI=1S/C19H30N2O3/c1-13-5-6-15(16(11-13)24-19(2,3)4)12-21-18(22)17(20)14-7-9-23-10-8-14/h5-6,11,14,17H,7-10,12,20H2,1-4H3,(H,21,22). The number of carbonyl (C=O) groups is 1. The molecule has 0 spiro atoms. The summed E-state index contributed by atoms with van der Waals surface area (Å²) < 4.78 is 11.4. The summed E-state index contributed by atoms with van der Waals surface area (Å²) in [5, 5.41) is 2.96. The maximum absolute atomic E-state index is 12.4. The molecule has 24 heavy (non-hydrogen) atoms. The topological polar surface area (TPSA) is 73.6 Å². The van der Waals surface area contributed by atoms with Crippen molar-refractivity contribution in [3.8, 4) is 5.75 Å². The fourth-order valence-corrected chi connectivity index (χ4v) is 2.82. The molecule has 0 bridgehead atoms. The Labute approximate surface area is 144 Å². The van der Waals surface area contributed by atoms with Gasteiger partial charge in [0.2, 0.25) is 5.91 Å². The lowest BCUT2D eigenvalue weighted by molar-refractivity contribution is -0.124. The smallest absolute Gasteiger partial charge is 0.237 e. The van der Waals surface area contributed by atoms with E-state index in [0.717, 1.165) is 29.7 Å². The summed E-state index contributed by atoms with van der Waals surface area (Å²) in [7, 11) is 0. The number of aryl methyl sites for hydroxylation is 1. The summed E-state index contributed by atoms with van der Waals surface area (Å²) in [6.45, 7) is 9.86. The summed E-state index contributed by atoms with van der Waals surface area (Å²) >= 11 is 0. The van der Waals surface area contributed by atoms with Crippen molar-refractivity contribution in [3.63, 3.8) is 0 Å². The molecule has 5 nitrogen and oxygen atoms in total. The predicted octanol–water partition coefficient (Wildman–Crippen LogP) is 2.54. The Morgan fingerprint density at radius 3 is 2.67 bits per heavy atom. The first-order valence-electron chi connectivity index (χ1n) is 8.66. The fourth-order valence-electron chi connectivity index (χ4n) is 2.82. The summed E-state index contributed by atoms with van der Waals surface area (Å²) in [5.74, 6) is 0.897. The van der Waals surface area contributed by atoms with Crippen molar-refractivity contribution in [1.82, 2.24) is 5.32 Å². The van der Waals surface area contributed by atoms with Gasteiger partial charge in [-0.3, -0.25) is 4.79 Å². The first-order chi connectivity index (χ1) is 11.3. The Morgan fingerprint density at radius 2 is 2.04 bits per heavy atom. The van der Waals surface area contributed by atoms with Crippen molar-refractivity contribution >= 4 is 5.91 Å². The number of carbonyl (C=O) groups excluding carboxylic acids is 1. The molecular formula is C19H30N2O3. The van der Waals surface area contributed by atoms with Gasteiger partial charge in [-0.15, -0.1) is 0 Å². The number of hydrogen-bond acceptors (Lipinski definition) is 4. The third-order valence-electron chi connectivity index (χ3n) is 4.17. The molecule has 1 aromatic carbocycles. The van der Waals surface area contributed by atoms with E-state index in [2.05, 4.69) is 5.32 Å². The van der Waals surface area contributed by atoms with Crippen molar-refractivity contribution in [1.29, 1.82) is 0 Å². The van der Waals surface area contributed by atoms with Gasteiger partial charge in [0.05, 0.1) is 6.04 Å². The van der Waals surface area contributed by atoms with Gasteiger partial charge in [0.15, 0.2) is 0 Å². The summed E-state index contributed by atoms with van der Waals surface area (Å²) in [4.78, 5) is 12.4. The zero-order valence-corrected chi connectivity index (χ0v) is 15.2. The van der Waals surface area contributed by atoms with E-state index in [4.69, 9.17) is 15.2 Å². The SMILES string of the molecule is Cc1ccc(CNC(=O)C(N)C2CCOCC2)c(OC(C)(C)C)c1. The molecule has 1 saturated heterocycles. The highest BCUT2D eigenvalue weighted by Gasteiger charge is 2.26. The molecule has 0 aliphatic carbocycles. The van der Waals surface area contributed by atoms with E-state index in [1.54, 1.807) is 0 Å². The highest BCUT2D eigenvalue weighted by molar-refractivity contribution is 5.81. The average Bonchev–Trinajstić information content (AvgIpc) is 2.52.